The standard InChI is InChI=1S/C17H28N6O2/c1-14(17(25)21-9-7-20(8-10-21)15(2)24)23-6-4-3-5-16(23)11-22-13-18-12-19-22/h12-14,16H,3-11H2,1-2H3. The van der Waals surface area contributed by atoms with E-state index in [4.69, 9.17) is 0 Å². The van der Waals surface area contributed by atoms with E-state index >= 15 is 0 Å². The molecule has 3 heterocycles. The van der Waals surface area contributed by atoms with Crippen LogP contribution in [0.3, 0.4) is 0 Å². The molecular formula is C17H28N6O2. The third-order valence-electron chi connectivity index (χ3n) is 5.43. The van der Waals surface area contributed by atoms with E-state index in [-0.39, 0.29) is 17.9 Å². The molecule has 2 unspecified atom stereocenters. The smallest absolute Gasteiger partial charge is 0.239 e. The van der Waals surface area contributed by atoms with Gasteiger partial charge in [0.05, 0.1) is 12.6 Å². The summed E-state index contributed by atoms with van der Waals surface area (Å²) >= 11 is 0. The second-order valence-electron chi connectivity index (χ2n) is 7.01. The summed E-state index contributed by atoms with van der Waals surface area (Å²) < 4.78 is 1.85. The van der Waals surface area contributed by atoms with Gasteiger partial charge in [-0.2, -0.15) is 5.10 Å². The first kappa shape index (κ1) is 17.8. The fourth-order valence-electron chi connectivity index (χ4n) is 3.92. The van der Waals surface area contributed by atoms with Crippen molar-refractivity contribution in [2.24, 2.45) is 0 Å². The number of carbonyl (C=O) groups is 2. The quantitative estimate of drug-likeness (QED) is 0.778. The Morgan fingerprint density at radius 2 is 1.84 bits per heavy atom. The first-order valence-electron chi connectivity index (χ1n) is 9.18. The van der Waals surface area contributed by atoms with Crippen LogP contribution in [0.1, 0.15) is 33.1 Å². The molecule has 2 fully saturated rings. The molecule has 3 rings (SSSR count). The summed E-state index contributed by atoms with van der Waals surface area (Å²) in [5.41, 5.74) is 0. The van der Waals surface area contributed by atoms with Gasteiger partial charge < -0.3 is 9.80 Å². The molecule has 0 aliphatic carbocycles. The van der Waals surface area contributed by atoms with E-state index in [1.54, 1.807) is 19.6 Å². The number of hydrogen-bond acceptors (Lipinski definition) is 5. The number of rotatable bonds is 4. The summed E-state index contributed by atoms with van der Waals surface area (Å²) in [6.07, 6.45) is 6.68. The number of amides is 2. The van der Waals surface area contributed by atoms with Crippen LogP contribution in [-0.4, -0.2) is 86.1 Å². The lowest BCUT2D eigenvalue weighted by molar-refractivity contribution is -0.143. The van der Waals surface area contributed by atoms with Crippen molar-refractivity contribution >= 4 is 11.8 Å². The molecule has 2 atom stereocenters. The zero-order valence-corrected chi connectivity index (χ0v) is 15.2. The van der Waals surface area contributed by atoms with E-state index in [2.05, 4.69) is 15.0 Å². The van der Waals surface area contributed by atoms with Crippen molar-refractivity contribution < 1.29 is 9.59 Å². The van der Waals surface area contributed by atoms with Crippen LogP contribution in [0.15, 0.2) is 12.7 Å². The highest BCUT2D eigenvalue weighted by Gasteiger charge is 2.34. The van der Waals surface area contributed by atoms with Crippen LogP contribution in [0, 0.1) is 0 Å². The lowest BCUT2D eigenvalue weighted by Gasteiger charge is -2.42. The largest absolute Gasteiger partial charge is 0.339 e. The number of nitrogens with zero attached hydrogens (tertiary/aromatic N) is 6. The summed E-state index contributed by atoms with van der Waals surface area (Å²) in [4.78, 5) is 34.5. The Morgan fingerprint density at radius 1 is 1.12 bits per heavy atom. The lowest BCUT2D eigenvalue weighted by atomic mass is 9.99. The summed E-state index contributed by atoms with van der Waals surface area (Å²) in [5, 5.41) is 4.21. The van der Waals surface area contributed by atoms with Crippen molar-refractivity contribution in [2.75, 3.05) is 32.7 Å². The fourth-order valence-corrected chi connectivity index (χ4v) is 3.92. The summed E-state index contributed by atoms with van der Waals surface area (Å²) in [7, 11) is 0. The minimum Gasteiger partial charge on any atom is -0.339 e. The second kappa shape index (κ2) is 7.95. The van der Waals surface area contributed by atoms with Crippen molar-refractivity contribution in [1.29, 1.82) is 0 Å². The molecule has 1 aromatic rings. The number of piperazine rings is 1. The van der Waals surface area contributed by atoms with Crippen LogP contribution in [0.25, 0.3) is 0 Å². The van der Waals surface area contributed by atoms with Gasteiger partial charge in [-0.15, -0.1) is 0 Å². The third-order valence-corrected chi connectivity index (χ3v) is 5.43. The predicted molar refractivity (Wildman–Crippen MR) is 92.7 cm³/mol. The maximum absolute atomic E-state index is 13.0. The van der Waals surface area contributed by atoms with Gasteiger partial charge in [0, 0.05) is 39.1 Å². The Hall–Kier alpha value is -1.96. The van der Waals surface area contributed by atoms with Gasteiger partial charge in [0.15, 0.2) is 0 Å². The molecule has 0 spiro atoms. The molecular weight excluding hydrogens is 320 g/mol. The van der Waals surface area contributed by atoms with Crippen LogP contribution in [0.4, 0.5) is 0 Å². The molecule has 2 aliphatic heterocycles. The number of carbonyl (C=O) groups excluding carboxylic acids is 2. The Kier molecular flexibility index (Phi) is 5.67. The highest BCUT2D eigenvalue weighted by molar-refractivity contribution is 5.82. The molecule has 0 bridgehead atoms. The monoisotopic (exact) mass is 348 g/mol. The molecule has 138 valence electrons. The topological polar surface area (TPSA) is 74.6 Å². The van der Waals surface area contributed by atoms with Crippen molar-refractivity contribution in [3.8, 4) is 0 Å². The van der Waals surface area contributed by atoms with E-state index in [0.717, 1.165) is 25.9 Å². The Labute approximate surface area is 148 Å². The number of hydrogen-bond donors (Lipinski definition) is 0. The maximum atomic E-state index is 13.0. The Morgan fingerprint density at radius 3 is 2.48 bits per heavy atom. The van der Waals surface area contributed by atoms with Gasteiger partial charge in [-0.3, -0.25) is 19.2 Å². The summed E-state index contributed by atoms with van der Waals surface area (Å²) in [5.74, 6) is 0.262. The molecule has 25 heavy (non-hydrogen) atoms. The number of likely N-dealkylation sites (tertiary alicyclic amines) is 1. The Bertz CT molecular complexity index is 582. The normalized spacial score (nSPS) is 23.5. The van der Waals surface area contributed by atoms with E-state index in [1.165, 1.54) is 6.42 Å². The molecule has 0 radical (unpaired) electrons. The average molecular weight is 348 g/mol. The van der Waals surface area contributed by atoms with Gasteiger partial charge in [-0.1, -0.05) is 6.42 Å². The van der Waals surface area contributed by atoms with E-state index < -0.39 is 0 Å². The summed E-state index contributed by atoms with van der Waals surface area (Å²) in [6.45, 7) is 7.85. The number of piperidine rings is 1. The highest BCUT2D eigenvalue weighted by Crippen LogP contribution is 2.22. The van der Waals surface area contributed by atoms with Crippen LogP contribution in [0.5, 0.6) is 0 Å². The Balaban J connectivity index is 1.60. The molecule has 8 nitrogen and oxygen atoms in total. The van der Waals surface area contributed by atoms with Gasteiger partial charge in [-0.25, -0.2) is 4.98 Å². The van der Waals surface area contributed by atoms with Crippen LogP contribution < -0.4 is 0 Å². The first-order valence-corrected chi connectivity index (χ1v) is 9.18. The average Bonchev–Trinajstić information content (AvgIpc) is 3.14. The zero-order chi connectivity index (χ0) is 17.8. The minimum absolute atomic E-state index is 0.0871. The minimum atomic E-state index is -0.141. The van der Waals surface area contributed by atoms with Crippen molar-refractivity contribution in [2.45, 2.75) is 51.7 Å². The molecule has 1 aromatic heterocycles. The SMILES string of the molecule is CC(=O)N1CCN(C(=O)C(C)N2CCCCC2Cn2cncn2)CC1. The van der Waals surface area contributed by atoms with Gasteiger partial charge >= 0.3 is 0 Å². The highest BCUT2D eigenvalue weighted by atomic mass is 16.2. The molecule has 8 heteroatoms. The van der Waals surface area contributed by atoms with Crippen molar-refractivity contribution in [3.63, 3.8) is 0 Å². The fraction of sp³-hybridized carbons (Fsp3) is 0.765. The third kappa shape index (κ3) is 4.18. The molecule has 2 saturated heterocycles. The molecule has 0 saturated carbocycles. The molecule has 2 aliphatic rings. The van der Waals surface area contributed by atoms with Crippen molar-refractivity contribution in [1.82, 2.24) is 29.5 Å². The lowest BCUT2D eigenvalue weighted by Crippen LogP contribution is -2.57. The summed E-state index contributed by atoms with van der Waals surface area (Å²) in [6, 6.07) is 0.172. The first-order chi connectivity index (χ1) is 12.1. The maximum Gasteiger partial charge on any atom is 0.239 e. The molecule has 2 amide bonds. The van der Waals surface area contributed by atoms with Crippen LogP contribution >= 0.6 is 0 Å². The van der Waals surface area contributed by atoms with Crippen LogP contribution in [0.2, 0.25) is 0 Å². The van der Waals surface area contributed by atoms with Gasteiger partial charge in [0.1, 0.15) is 12.7 Å². The van der Waals surface area contributed by atoms with Gasteiger partial charge in [0.2, 0.25) is 11.8 Å². The second-order valence-corrected chi connectivity index (χ2v) is 7.01. The predicted octanol–water partition coefficient (Wildman–Crippen LogP) is 0.212. The molecule has 0 aromatic carbocycles. The zero-order valence-electron chi connectivity index (χ0n) is 15.2. The van der Waals surface area contributed by atoms with E-state index in [0.29, 0.717) is 32.2 Å². The number of aromatic nitrogens is 3. The van der Waals surface area contributed by atoms with Crippen molar-refractivity contribution in [3.05, 3.63) is 12.7 Å². The van der Waals surface area contributed by atoms with Crippen LogP contribution in [-0.2, 0) is 16.1 Å². The van der Waals surface area contributed by atoms with E-state index in [1.807, 2.05) is 21.4 Å². The molecule has 0 N–H and O–H groups in total. The van der Waals surface area contributed by atoms with Gasteiger partial charge in [-0.05, 0) is 26.3 Å². The van der Waals surface area contributed by atoms with Gasteiger partial charge in [0.25, 0.3) is 0 Å². The van der Waals surface area contributed by atoms with E-state index in [9.17, 15) is 9.59 Å².